The third-order valence-corrected chi connectivity index (χ3v) is 9.92. The van der Waals surface area contributed by atoms with E-state index in [1.807, 2.05) is 6.07 Å². The van der Waals surface area contributed by atoms with Crippen molar-refractivity contribution in [3.8, 4) is 22.6 Å². The standard InChI is InChI=1S/C41H40OS/c1-5-6-8-18-35(32-15-9-7-10-16-32)33-25-23-31(24-26-33)29(3)30(4)34-17-11-12-19-36(34)40-28(2)22-27-39-41(40)42-37-20-13-14-21-38(37)43-39/h7,9-27,29-30H,5-6,8H2,1-4H3/b35-18+. The topological polar surface area (TPSA) is 9.23 Å². The summed E-state index contributed by atoms with van der Waals surface area (Å²) < 4.78 is 6.60. The number of fused-ring (bicyclic) bond motifs is 2. The van der Waals surface area contributed by atoms with Gasteiger partial charge in [-0.25, -0.2) is 0 Å². The van der Waals surface area contributed by atoms with Crippen LogP contribution in [0.15, 0.2) is 131 Å². The Kier molecular flexibility index (Phi) is 8.86. The SMILES string of the molecule is CCCC/C=C(\c1ccccc1)c1ccc(C(C)C(C)c2ccccc2-c2c(C)ccc3c2Oc2ccccc2S3)cc1. The second-order valence-corrected chi connectivity index (χ2v) is 12.7. The molecule has 0 radical (unpaired) electrons. The Morgan fingerprint density at radius 1 is 0.721 bits per heavy atom. The Morgan fingerprint density at radius 3 is 2.21 bits per heavy atom. The van der Waals surface area contributed by atoms with E-state index in [0.29, 0.717) is 11.8 Å². The fourth-order valence-corrected chi connectivity index (χ4v) is 7.11. The number of unbranched alkanes of at least 4 members (excludes halogenated alkanes) is 2. The van der Waals surface area contributed by atoms with Gasteiger partial charge in [-0.2, -0.15) is 0 Å². The molecule has 1 heterocycles. The van der Waals surface area contributed by atoms with Crippen molar-refractivity contribution in [2.24, 2.45) is 0 Å². The van der Waals surface area contributed by atoms with Crippen LogP contribution in [0.25, 0.3) is 16.7 Å². The molecule has 0 amide bonds. The van der Waals surface area contributed by atoms with Gasteiger partial charge in [0.1, 0.15) is 11.5 Å². The molecule has 1 aliphatic rings. The molecule has 0 spiro atoms. The minimum absolute atomic E-state index is 0.314. The highest BCUT2D eigenvalue weighted by Gasteiger charge is 2.26. The maximum atomic E-state index is 6.60. The molecule has 0 saturated heterocycles. The quantitative estimate of drug-likeness (QED) is 0.157. The van der Waals surface area contributed by atoms with Gasteiger partial charge in [0.05, 0.1) is 9.79 Å². The lowest BCUT2D eigenvalue weighted by Crippen LogP contribution is -2.08. The van der Waals surface area contributed by atoms with E-state index in [9.17, 15) is 0 Å². The Hall–Kier alpha value is -4.01. The van der Waals surface area contributed by atoms with Crippen molar-refractivity contribution in [1.82, 2.24) is 0 Å². The maximum absolute atomic E-state index is 6.60. The molecule has 5 aromatic rings. The zero-order chi connectivity index (χ0) is 29.8. The van der Waals surface area contributed by atoms with Crippen molar-refractivity contribution >= 4 is 17.3 Å². The van der Waals surface area contributed by atoms with Crippen LogP contribution in [0, 0.1) is 6.92 Å². The average Bonchev–Trinajstić information content (AvgIpc) is 3.06. The largest absolute Gasteiger partial charge is 0.454 e. The lowest BCUT2D eigenvalue weighted by molar-refractivity contribution is 0.456. The Balaban J connectivity index is 1.31. The predicted octanol–water partition coefficient (Wildman–Crippen LogP) is 12.4. The number of rotatable bonds is 9. The third kappa shape index (κ3) is 6.08. The molecule has 0 fully saturated rings. The first-order valence-electron chi connectivity index (χ1n) is 15.6. The van der Waals surface area contributed by atoms with Gasteiger partial charge in [-0.05, 0) is 82.3 Å². The second-order valence-electron chi connectivity index (χ2n) is 11.6. The lowest BCUT2D eigenvalue weighted by atomic mass is 9.80. The fraction of sp³-hybridized carbons (Fsp3) is 0.220. The summed E-state index contributed by atoms with van der Waals surface area (Å²) in [4.78, 5) is 2.34. The van der Waals surface area contributed by atoms with Crippen LogP contribution < -0.4 is 4.74 Å². The molecule has 2 heteroatoms. The minimum atomic E-state index is 0.314. The van der Waals surface area contributed by atoms with E-state index < -0.39 is 0 Å². The van der Waals surface area contributed by atoms with Gasteiger partial charge in [0.2, 0.25) is 0 Å². The Labute approximate surface area is 261 Å². The van der Waals surface area contributed by atoms with E-state index >= 15 is 0 Å². The highest BCUT2D eigenvalue weighted by Crippen LogP contribution is 2.52. The minimum Gasteiger partial charge on any atom is -0.454 e. The normalized spacial score (nSPS) is 13.9. The summed E-state index contributed by atoms with van der Waals surface area (Å²) in [6, 6.07) is 41.8. The number of hydrogen-bond acceptors (Lipinski definition) is 2. The Morgan fingerprint density at radius 2 is 1.42 bits per heavy atom. The van der Waals surface area contributed by atoms with E-state index in [1.165, 1.54) is 67.1 Å². The first kappa shape index (κ1) is 29.1. The van der Waals surface area contributed by atoms with Gasteiger partial charge >= 0.3 is 0 Å². The van der Waals surface area contributed by atoms with Gasteiger partial charge < -0.3 is 4.74 Å². The molecule has 0 N–H and O–H groups in total. The summed E-state index contributed by atoms with van der Waals surface area (Å²) in [6.45, 7) is 9.19. The van der Waals surface area contributed by atoms with Crippen LogP contribution in [-0.4, -0.2) is 0 Å². The number of benzene rings is 5. The predicted molar refractivity (Wildman–Crippen MR) is 184 cm³/mol. The van der Waals surface area contributed by atoms with Gasteiger partial charge in [-0.1, -0.05) is 149 Å². The summed E-state index contributed by atoms with van der Waals surface area (Å²) in [6.07, 6.45) is 5.93. The maximum Gasteiger partial charge on any atom is 0.149 e. The van der Waals surface area contributed by atoms with Crippen molar-refractivity contribution in [2.45, 2.75) is 68.6 Å². The van der Waals surface area contributed by atoms with E-state index in [0.717, 1.165) is 17.9 Å². The fourth-order valence-electron chi connectivity index (χ4n) is 6.14. The zero-order valence-electron chi connectivity index (χ0n) is 25.6. The smallest absolute Gasteiger partial charge is 0.149 e. The van der Waals surface area contributed by atoms with Crippen molar-refractivity contribution < 1.29 is 4.74 Å². The van der Waals surface area contributed by atoms with E-state index in [4.69, 9.17) is 4.74 Å². The van der Waals surface area contributed by atoms with Crippen molar-refractivity contribution in [3.05, 3.63) is 149 Å². The highest BCUT2D eigenvalue weighted by molar-refractivity contribution is 7.99. The van der Waals surface area contributed by atoms with Gasteiger partial charge in [0.15, 0.2) is 0 Å². The highest BCUT2D eigenvalue weighted by atomic mass is 32.2. The molecule has 216 valence electrons. The second kappa shape index (κ2) is 13.1. The van der Waals surface area contributed by atoms with E-state index in [-0.39, 0.29) is 0 Å². The number of aryl methyl sites for hydroxylation is 1. The van der Waals surface area contributed by atoms with E-state index in [2.05, 4.69) is 143 Å². The number of para-hydroxylation sites is 1. The van der Waals surface area contributed by atoms with Crippen LogP contribution >= 0.6 is 11.8 Å². The molecular weight excluding hydrogens is 541 g/mol. The first-order chi connectivity index (χ1) is 21.0. The summed E-state index contributed by atoms with van der Waals surface area (Å²) in [5.41, 5.74) is 10.3. The third-order valence-electron chi connectivity index (χ3n) is 8.82. The molecule has 2 unspecified atom stereocenters. The van der Waals surface area contributed by atoms with Gasteiger partial charge in [0.25, 0.3) is 0 Å². The van der Waals surface area contributed by atoms with Crippen LogP contribution in [0.2, 0.25) is 0 Å². The van der Waals surface area contributed by atoms with Crippen LogP contribution in [0.1, 0.15) is 79.7 Å². The molecule has 0 aromatic heterocycles. The molecular formula is C41H40OS. The van der Waals surface area contributed by atoms with Crippen LogP contribution in [0.5, 0.6) is 11.5 Å². The van der Waals surface area contributed by atoms with Crippen LogP contribution in [0.4, 0.5) is 0 Å². The summed E-state index contributed by atoms with van der Waals surface area (Å²) in [5, 5.41) is 0. The summed E-state index contributed by atoms with van der Waals surface area (Å²) in [5.74, 6) is 2.57. The van der Waals surface area contributed by atoms with Gasteiger partial charge in [-0.15, -0.1) is 0 Å². The first-order valence-corrected chi connectivity index (χ1v) is 16.4. The molecule has 0 saturated carbocycles. The van der Waals surface area contributed by atoms with Gasteiger partial charge in [0, 0.05) is 5.56 Å². The Bertz CT molecular complexity index is 1730. The van der Waals surface area contributed by atoms with E-state index in [1.54, 1.807) is 11.8 Å². The molecule has 0 aliphatic carbocycles. The van der Waals surface area contributed by atoms with Crippen molar-refractivity contribution in [2.75, 3.05) is 0 Å². The molecule has 1 aliphatic heterocycles. The molecule has 43 heavy (non-hydrogen) atoms. The number of ether oxygens (including phenoxy) is 1. The monoisotopic (exact) mass is 580 g/mol. The molecule has 6 rings (SSSR count). The molecule has 5 aromatic carbocycles. The van der Waals surface area contributed by atoms with Crippen molar-refractivity contribution in [3.63, 3.8) is 0 Å². The number of hydrogen-bond donors (Lipinski definition) is 0. The molecule has 0 bridgehead atoms. The number of allylic oxidation sites excluding steroid dienone is 1. The molecule has 1 nitrogen and oxygen atoms in total. The van der Waals surface area contributed by atoms with Crippen LogP contribution in [-0.2, 0) is 0 Å². The summed E-state index contributed by atoms with van der Waals surface area (Å²) in [7, 11) is 0. The van der Waals surface area contributed by atoms with Gasteiger partial charge in [-0.3, -0.25) is 0 Å². The van der Waals surface area contributed by atoms with Crippen molar-refractivity contribution in [1.29, 1.82) is 0 Å². The lowest BCUT2D eigenvalue weighted by Gasteiger charge is -2.27. The molecule has 2 atom stereocenters. The zero-order valence-corrected chi connectivity index (χ0v) is 26.5. The summed E-state index contributed by atoms with van der Waals surface area (Å²) >= 11 is 1.80. The van der Waals surface area contributed by atoms with Crippen LogP contribution in [0.3, 0.4) is 0 Å². The average molecular weight is 581 g/mol.